The van der Waals surface area contributed by atoms with Crippen molar-refractivity contribution in [2.45, 2.75) is 30.4 Å². The molecule has 1 heterocycles. The van der Waals surface area contributed by atoms with Gasteiger partial charge in [0.1, 0.15) is 17.5 Å². The summed E-state index contributed by atoms with van der Waals surface area (Å²) in [7, 11) is 0. The summed E-state index contributed by atoms with van der Waals surface area (Å²) >= 11 is 1.35. The number of halogens is 1. The largest absolute Gasteiger partial charge is 0.368 e. The standard InChI is InChI=1S/C13H15FN4S/c1-2-5-11-16-12(18-13(15)17-11)8-19-10-7-4-3-6-9(10)14/h3-4,6-7H,2,5,8H2,1H3,(H2,15,16,17,18). The maximum atomic E-state index is 13.5. The van der Waals surface area contributed by atoms with Gasteiger partial charge in [-0.2, -0.15) is 9.97 Å². The third-order valence-corrected chi connectivity index (χ3v) is 3.46. The number of hydrogen-bond donors (Lipinski definition) is 1. The van der Waals surface area contributed by atoms with Crippen LogP contribution in [0.2, 0.25) is 0 Å². The topological polar surface area (TPSA) is 64.7 Å². The average Bonchev–Trinajstić information content (AvgIpc) is 2.37. The molecule has 19 heavy (non-hydrogen) atoms. The Kier molecular flexibility index (Phi) is 4.68. The summed E-state index contributed by atoms with van der Waals surface area (Å²) in [6.45, 7) is 2.05. The molecule has 100 valence electrons. The minimum Gasteiger partial charge on any atom is -0.368 e. The highest BCUT2D eigenvalue weighted by atomic mass is 32.2. The average molecular weight is 278 g/mol. The van der Waals surface area contributed by atoms with Crippen molar-refractivity contribution in [2.24, 2.45) is 0 Å². The molecule has 6 heteroatoms. The number of nitrogens with zero attached hydrogens (tertiary/aromatic N) is 3. The Morgan fingerprint density at radius 3 is 2.63 bits per heavy atom. The smallest absolute Gasteiger partial charge is 0.223 e. The molecule has 2 aromatic rings. The molecule has 0 aliphatic heterocycles. The van der Waals surface area contributed by atoms with Crippen molar-refractivity contribution < 1.29 is 4.39 Å². The van der Waals surface area contributed by atoms with Gasteiger partial charge in [0.25, 0.3) is 0 Å². The van der Waals surface area contributed by atoms with Gasteiger partial charge in [0.2, 0.25) is 5.95 Å². The summed E-state index contributed by atoms with van der Waals surface area (Å²) in [4.78, 5) is 13.0. The van der Waals surface area contributed by atoms with Crippen LogP contribution in [0.4, 0.5) is 10.3 Å². The predicted octanol–water partition coefficient (Wildman–Crippen LogP) is 2.84. The first kappa shape index (κ1) is 13.7. The molecule has 1 aromatic carbocycles. The second-order valence-corrected chi connectivity index (χ2v) is 5.01. The molecular weight excluding hydrogens is 263 g/mol. The van der Waals surface area contributed by atoms with Gasteiger partial charge in [-0.25, -0.2) is 9.37 Å². The van der Waals surface area contributed by atoms with Gasteiger partial charge in [-0.05, 0) is 18.6 Å². The van der Waals surface area contributed by atoms with E-state index in [1.54, 1.807) is 18.2 Å². The van der Waals surface area contributed by atoms with Crippen LogP contribution in [0.5, 0.6) is 0 Å². The van der Waals surface area contributed by atoms with Crippen molar-refractivity contribution in [3.63, 3.8) is 0 Å². The summed E-state index contributed by atoms with van der Waals surface area (Å²) in [5.41, 5.74) is 5.64. The molecule has 0 aliphatic rings. The van der Waals surface area contributed by atoms with Crippen LogP contribution in [0.25, 0.3) is 0 Å². The number of thioether (sulfide) groups is 1. The van der Waals surface area contributed by atoms with E-state index >= 15 is 0 Å². The van der Waals surface area contributed by atoms with Crippen molar-refractivity contribution in [3.8, 4) is 0 Å². The third kappa shape index (κ3) is 3.89. The molecule has 2 N–H and O–H groups in total. The molecule has 1 aromatic heterocycles. The van der Waals surface area contributed by atoms with Gasteiger partial charge < -0.3 is 5.73 Å². The highest BCUT2D eigenvalue weighted by Gasteiger charge is 2.07. The van der Waals surface area contributed by atoms with Gasteiger partial charge in [0, 0.05) is 11.3 Å². The molecule has 0 amide bonds. The van der Waals surface area contributed by atoms with Gasteiger partial charge in [0.15, 0.2) is 0 Å². The summed E-state index contributed by atoms with van der Waals surface area (Å²) < 4.78 is 13.5. The molecule has 4 nitrogen and oxygen atoms in total. The number of aromatic nitrogens is 3. The monoisotopic (exact) mass is 278 g/mol. The Morgan fingerprint density at radius 2 is 1.89 bits per heavy atom. The molecular formula is C13H15FN4S. The molecule has 2 rings (SSSR count). The fraction of sp³-hybridized carbons (Fsp3) is 0.308. The maximum absolute atomic E-state index is 13.5. The molecule has 0 saturated heterocycles. The van der Waals surface area contributed by atoms with Crippen LogP contribution in [-0.4, -0.2) is 15.0 Å². The number of aryl methyl sites for hydroxylation is 1. The summed E-state index contributed by atoms with van der Waals surface area (Å²) in [5, 5.41) is 0. The first-order valence-electron chi connectivity index (χ1n) is 6.05. The van der Waals surface area contributed by atoms with Crippen molar-refractivity contribution in [1.29, 1.82) is 0 Å². The zero-order valence-corrected chi connectivity index (χ0v) is 11.5. The maximum Gasteiger partial charge on any atom is 0.223 e. The quantitative estimate of drug-likeness (QED) is 0.852. The molecule has 0 unspecified atom stereocenters. The fourth-order valence-corrected chi connectivity index (χ4v) is 2.39. The van der Waals surface area contributed by atoms with E-state index < -0.39 is 0 Å². The summed E-state index contributed by atoms with van der Waals surface area (Å²) in [5.74, 6) is 1.75. The fourth-order valence-electron chi connectivity index (χ4n) is 1.59. The zero-order valence-electron chi connectivity index (χ0n) is 10.6. The van der Waals surface area contributed by atoms with Crippen LogP contribution in [-0.2, 0) is 12.2 Å². The molecule has 0 bridgehead atoms. The lowest BCUT2D eigenvalue weighted by Crippen LogP contribution is -2.06. The van der Waals surface area contributed by atoms with Gasteiger partial charge in [-0.15, -0.1) is 11.8 Å². The molecule has 0 aliphatic carbocycles. The molecule has 0 spiro atoms. The van der Waals surface area contributed by atoms with Crippen molar-refractivity contribution in [1.82, 2.24) is 15.0 Å². The summed E-state index contributed by atoms with van der Waals surface area (Å²) in [6, 6.07) is 6.64. The Morgan fingerprint density at radius 1 is 1.16 bits per heavy atom. The van der Waals surface area contributed by atoms with Gasteiger partial charge in [0.05, 0.1) is 5.75 Å². The lowest BCUT2D eigenvalue weighted by molar-refractivity contribution is 0.602. The van der Waals surface area contributed by atoms with E-state index in [2.05, 4.69) is 15.0 Å². The first-order valence-corrected chi connectivity index (χ1v) is 7.04. The first-order chi connectivity index (χ1) is 9.19. The van der Waals surface area contributed by atoms with E-state index in [0.717, 1.165) is 12.8 Å². The highest BCUT2D eigenvalue weighted by Crippen LogP contribution is 2.24. The minimum atomic E-state index is -0.233. The van der Waals surface area contributed by atoms with E-state index in [1.807, 2.05) is 6.92 Å². The SMILES string of the molecule is CCCc1nc(N)nc(CSc2ccccc2F)n1. The van der Waals surface area contributed by atoms with Crippen LogP contribution in [0.15, 0.2) is 29.2 Å². The predicted molar refractivity (Wildman–Crippen MR) is 74.2 cm³/mol. The van der Waals surface area contributed by atoms with E-state index in [0.29, 0.717) is 22.3 Å². The van der Waals surface area contributed by atoms with Gasteiger partial charge in [-0.3, -0.25) is 0 Å². The van der Waals surface area contributed by atoms with Crippen LogP contribution in [0.1, 0.15) is 25.0 Å². The number of nitrogens with two attached hydrogens (primary N) is 1. The number of anilines is 1. The van der Waals surface area contributed by atoms with E-state index in [9.17, 15) is 4.39 Å². The van der Waals surface area contributed by atoms with E-state index in [-0.39, 0.29) is 11.8 Å². The minimum absolute atomic E-state index is 0.225. The van der Waals surface area contributed by atoms with Crippen LogP contribution in [0.3, 0.4) is 0 Å². The van der Waals surface area contributed by atoms with Gasteiger partial charge >= 0.3 is 0 Å². The highest BCUT2D eigenvalue weighted by molar-refractivity contribution is 7.98. The number of hydrogen-bond acceptors (Lipinski definition) is 5. The lowest BCUT2D eigenvalue weighted by atomic mass is 10.3. The number of benzene rings is 1. The lowest BCUT2D eigenvalue weighted by Gasteiger charge is -2.05. The van der Waals surface area contributed by atoms with Crippen molar-refractivity contribution in [3.05, 3.63) is 41.7 Å². The van der Waals surface area contributed by atoms with Crippen molar-refractivity contribution in [2.75, 3.05) is 5.73 Å². The molecule has 0 fully saturated rings. The summed E-state index contributed by atoms with van der Waals surface area (Å²) in [6.07, 6.45) is 1.72. The number of rotatable bonds is 5. The molecule has 0 saturated carbocycles. The van der Waals surface area contributed by atoms with Crippen LogP contribution >= 0.6 is 11.8 Å². The van der Waals surface area contributed by atoms with Crippen molar-refractivity contribution >= 4 is 17.7 Å². The van der Waals surface area contributed by atoms with Crippen LogP contribution in [0, 0.1) is 5.82 Å². The second kappa shape index (κ2) is 6.47. The Balaban J connectivity index is 2.09. The Labute approximate surface area is 115 Å². The molecule has 0 radical (unpaired) electrons. The van der Waals surface area contributed by atoms with Crippen LogP contribution < -0.4 is 5.73 Å². The molecule has 0 atom stereocenters. The normalized spacial score (nSPS) is 10.6. The Hall–Kier alpha value is -1.69. The third-order valence-electron chi connectivity index (χ3n) is 2.41. The second-order valence-electron chi connectivity index (χ2n) is 4.00. The van der Waals surface area contributed by atoms with E-state index in [1.165, 1.54) is 17.8 Å². The van der Waals surface area contributed by atoms with E-state index in [4.69, 9.17) is 5.73 Å². The number of nitrogen functional groups attached to an aromatic ring is 1. The Bertz CT molecular complexity index is 562. The zero-order chi connectivity index (χ0) is 13.7. The van der Waals surface area contributed by atoms with Gasteiger partial charge in [-0.1, -0.05) is 19.1 Å².